The summed E-state index contributed by atoms with van der Waals surface area (Å²) < 4.78 is 0. The minimum Gasteiger partial charge on any atom is -0.347 e. The topological polar surface area (TPSA) is 90.5 Å². The number of carbonyl (C=O) groups is 3. The van der Waals surface area contributed by atoms with Crippen LogP contribution in [-0.2, 0) is 14.4 Å². The summed E-state index contributed by atoms with van der Waals surface area (Å²) in [7, 11) is 0. The van der Waals surface area contributed by atoms with Crippen molar-refractivity contribution in [2.45, 2.75) is 26.7 Å². The lowest BCUT2D eigenvalue weighted by Crippen LogP contribution is -2.47. The summed E-state index contributed by atoms with van der Waals surface area (Å²) in [6.45, 7) is 8.49. The lowest BCUT2D eigenvalue weighted by molar-refractivity contribution is -0.143. The van der Waals surface area contributed by atoms with Gasteiger partial charge in [0.25, 0.3) is 0 Å². The molecule has 0 bridgehead atoms. The molecule has 3 N–H and O–H groups in total. The van der Waals surface area contributed by atoms with Crippen molar-refractivity contribution in [3.63, 3.8) is 0 Å². The first kappa shape index (κ1) is 17.6. The number of nitrogens with zero attached hydrogens (tertiary/aromatic N) is 1. The second-order valence-corrected chi connectivity index (χ2v) is 5.13. The van der Waals surface area contributed by atoms with Crippen LogP contribution in [0.4, 0.5) is 0 Å². The Kier molecular flexibility index (Phi) is 7.92. The average Bonchev–Trinajstić information content (AvgIpc) is 2.52. The molecule has 0 atom stereocenters. The van der Waals surface area contributed by atoms with E-state index in [1.807, 2.05) is 13.8 Å². The molecular formula is C14H26N4O3. The van der Waals surface area contributed by atoms with Crippen LogP contribution in [0.3, 0.4) is 0 Å². The molecule has 0 spiro atoms. The number of carbonyl (C=O) groups excluding carboxylic acids is 3. The van der Waals surface area contributed by atoms with Crippen molar-refractivity contribution in [2.75, 3.05) is 39.3 Å². The smallest absolute Gasteiger partial charge is 0.315 e. The van der Waals surface area contributed by atoms with Gasteiger partial charge in [0.1, 0.15) is 0 Å². The molecule has 0 saturated carbocycles. The van der Waals surface area contributed by atoms with Crippen molar-refractivity contribution in [1.82, 2.24) is 20.9 Å². The maximum absolute atomic E-state index is 11.8. The van der Waals surface area contributed by atoms with E-state index in [2.05, 4.69) is 20.9 Å². The van der Waals surface area contributed by atoms with Crippen LogP contribution in [0.1, 0.15) is 26.7 Å². The van der Waals surface area contributed by atoms with Gasteiger partial charge in [-0.15, -0.1) is 0 Å². The lowest BCUT2D eigenvalue weighted by atomic mass is 9.97. The molecule has 0 unspecified atom stereocenters. The Labute approximate surface area is 125 Å². The van der Waals surface area contributed by atoms with Crippen LogP contribution in [0.15, 0.2) is 0 Å². The fourth-order valence-corrected chi connectivity index (χ4v) is 2.30. The average molecular weight is 298 g/mol. The number of hydrogen-bond donors (Lipinski definition) is 3. The normalized spacial score (nSPS) is 15.8. The molecule has 0 aromatic heterocycles. The lowest BCUT2D eigenvalue weighted by Gasteiger charge is -2.21. The van der Waals surface area contributed by atoms with E-state index in [0.717, 1.165) is 26.2 Å². The van der Waals surface area contributed by atoms with Gasteiger partial charge in [0, 0.05) is 19.0 Å². The molecule has 120 valence electrons. The Morgan fingerprint density at radius 2 is 1.71 bits per heavy atom. The Bertz CT molecular complexity index is 363. The number of imide groups is 1. The van der Waals surface area contributed by atoms with Crippen LogP contribution < -0.4 is 16.0 Å². The molecule has 7 nitrogen and oxygen atoms in total. The zero-order valence-electron chi connectivity index (χ0n) is 12.9. The van der Waals surface area contributed by atoms with E-state index >= 15 is 0 Å². The molecular weight excluding hydrogens is 272 g/mol. The summed E-state index contributed by atoms with van der Waals surface area (Å²) in [5, 5.41) is 7.86. The third-order valence-corrected chi connectivity index (χ3v) is 3.76. The molecule has 1 aliphatic heterocycles. The molecule has 7 heteroatoms. The van der Waals surface area contributed by atoms with Gasteiger partial charge in [0.15, 0.2) is 0 Å². The molecule has 1 rings (SSSR count). The quantitative estimate of drug-likeness (QED) is 0.552. The zero-order chi connectivity index (χ0) is 15.7. The Morgan fingerprint density at radius 3 is 2.29 bits per heavy atom. The molecule has 0 aromatic carbocycles. The molecule has 0 radical (unpaired) electrons. The fourth-order valence-electron chi connectivity index (χ4n) is 2.30. The largest absolute Gasteiger partial charge is 0.347 e. The first-order valence-electron chi connectivity index (χ1n) is 7.64. The molecule has 1 aliphatic rings. The molecule has 1 saturated heterocycles. The first-order valence-corrected chi connectivity index (χ1v) is 7.64. The minimum absolute atomic E-state index is 0.182. The van der Waals surface area contributed by atoms with Gasteiger partial charge in [-0.2, -0.15) is 0 Å². The predicted molar refractivity (Wildman–Crippen MR) is 79.5 cm³/mol. The summed E-state index contributed by atoms with van der Waals surface area (Å²) >= 11 is 0. The Hall–Kier alpha value is -1.47. The zero-order valence-corrected chi connectivity index (χ0v) is 12.9. The Balaban J connectivity index is 2.27. The highest BCUT2D eigenvalue weighted by molar-refractivity contribution is 6.37. The van der Waals surface area contributed by atoms with E-state index in [-0.39, 0.29) is 11.8 Å². The van der Waals surface area contributed by atoms with Crippen LogP contribution in [-0.4, -0.2) is 61.9 Å². The van der Waals surface area contributed by atoms with E-state index in [4.69, 9.17) is 0 Å². The fraction of sp³-hybridized carbons (Fsp3) is 0.786. The second kappa shape index (κ2) is 9.46. The summed E-state index contributed by atoms with van der Waals surface area (Å²) in [6.07, 6.45) is 1.39. The van der Waals surface area contributed by atoms with E-state index in [0.29, 0.717) is 25.9 Å². The number of amides is 3. The van der Waals surface area contributed by atoms with Crippen molar-refractivity contribution in [3.8, 4) is 0 Å². The van der Waals surface area contributed by atoms with Crippen molar-refractivity contribution in [1.29, 1.82) is 0 Å². The number of hydrogen-bond acceptors (Lipinski definition) is 5. The van der Waals surface area contributed by atoms with Gasteiger partial charge >= 0.3 is 11.8 Å². The highest BCUT2D eigenvalue weighted by Gasteiger charge is 2.24. The monoisotopic (exact) mass is 298 g/mol. The van der Waals surface area contributed by atoms with Gasteiger partial charge in [0.05, 0.1) is 0 Å². The number of rotatable bonds is 6. The molecule has 3 amide bonds. The van der Waals surface area contributed by atoms with Crippen LogP contribution in [0.25, 0.3) is 0 Å². The van der Waals surface area contributed by atoms with Crippen molar-refractivity contribution >= 4 is 17.7 Å². The van der Waals surface area contributed by atoms with E-state index in [1.165, 1.54) is 0 Å². The molecule has 0 aromatic rings. The van der Waals surface area contributed by atoms with Gasteiger partial charge in [-0.3, -0.25) is 19.7 Å². The second-order valence-electron chi connectivity index (χ2n) is 5.13. The van der Waals surface area contributed by atoms with E-state index in [9.17, 15) is 14.4 Å². The molecule has 21 heavy (non-hydrogen) atoms. The maximum atomic E-state index is 11.8. The third kappa shape index (κ3) is 6.22. The maximum Gasteiger partial charge on any atom is 0.315 e. The summed E-state index contributed by atoms with van der Waals surface area (Å²) in [4.78, 5) is 37.2. The van der Waals surface area contributed by atoms with Crippen molar-refractivity contribution < 1.29 is 14.4 Å². The van der Waals surface area contributed by atoms with Crippen LogP contribution in [0.5, 0.6) is 0 Å². The summed E-state index contributed by atoms with van der Waals surface area (Å²) in [5.41, 5.74) is 0. The van der Waals surface area contributed by atoms with Crippen molar-refractivity contribution in [2.24, 2.45) is 5.92 Å². The Morgan fingerprint density at radius 1 is 1.10 bits per heavy atom. The van der Waals surface area contributed by atoms with E-state index in [1.54, 1.807) is 0 Å². The van der Waals surface area contributed by atoms with Gasteiger partial charge < -0.3 is 15.5 Å². The predicted octanol–water partition coefficient (Wildman–Crippen LogP) is -0.913. The van der Waals surface area contributed by atoms with E-state index < -0.39 is 11.8 Å². The summed E-state index contributed by atoms with van der Waals surface area (Å²) in [5.74, 6) is -2.14. The van der Waals surface area contributed by atoms with Gasteiger partial charge in [-0.25, -0.2) is 0 Å². The SMILES string of the molecule is CCN(CC)CCNC(=O)C(=O)NC(=O)C1CCNCC1. The number of likely N-dealkylation sites (N-methyl/N-ethyl adjacent to an activating group) is 1. The molecule has 1 heterocycles. The van der Waals surface area contributed by atoms with Gasteiger partial charge in [0.2, 0.25) is 5.91 Å². The van der Waals surface area contributed by atoms with Gasteiger partial charge in [-0.1, -0.05) is 13.8 Å². The standard InChI is InChI=1S/C14H26N4O3/c1-3-18(4-2)10-9-16-13(20)14(21)17-12(19)11-5-7-15-8-6-11/h11,15H,3-10H2,1-2H3,(H,16,20)(H,17,19,21). The highest BCUT2D eigenvalue weighted by atomic mass is 16.2. The minimum atomic E-state index is -0.863. The van der Waals surface area contributed by atoms with Crippen LogP contribution in [0.2, 0.25) is 0 Å². The number of piperidine rings is 1. The summed E-state index contributed by atoms with van der Waals surface area (Å²) in [6, 6.07) is 0. The molecule has 0 aliphatic carbocycles. The number of nitrogens with one attached hydrogen (secondary N) is 3. The van der Waals surface area contributed by atoms with Gasteiger partial charge in [-0.05, 0) is 39.0 Å². The highest BCUT2D eigenvalue weighted by Crippen LogP contribution is 2.10. The van der Waals surface area contributed by atoms with Crippen molar-refractivity contribution in [3.05, 3.63) is 0 Å². The molecule has 1 fully saturated rings. The first-order chi connectivity index (χ1) is 10.1. The third-order valence-electron chi connectivity index (χ3n) is 3.76. The van der Waals surface area contributed by atoms with Crippen LogP contribution >= 0.6 is 0 Å². The van der Waals surface area contributed by atoms with Crippen LogP contribution in [0, 0.1) is 5.92 Å².